The molecule has 8 heteroatoms. The lowest BCUT2D eigenvalue weighted by Gasteiger charge is -2.13. The van der Waals surface area contributed by atoms with Gasteiger partial charge in [0.15, 0.2) is 11.5 Å². The molecule has 0 bridgehead atoms. The van der Waals surface area contributed by atoms with Crippen molar-refractivity contribution in [3.05, 3.63) is 51.5 Å². The molecule has 1 amide bonds. The zero-order valence-electron chi connectivity index (χ0n) is 15.1. The van der Waals surface area contributed by atoms with Crippen molar-refractivity contribution < 1.29 is 27.4 Å². The summed E-state index contributed by atoms with van der Waals surface area (Å²) in [6.45, 7) is 4.58. The lowest BCUT2D eigenvalue weighted by molar-refractivity contribution is -0.137. The maximum atomic E-state index is 12.9. The van der Waals surface area contributed by atoms with Crippen LogP contribution in [-0.2, 0) is 11.0 Å². The molecular weight excluding hydrogens is 439 g/mol. The number of hydrogen-bond donors (Lipinski definition) is 1. The molecule has 2 aromatic carbocycles. The van der Waals surface area contributed by atoms with Gasteiger partial charge in [-0.1, -0.05) is 6.07 Å². The van der Waals surface area contributed by atoms with Gasteiger partial charge < -0.3 is 14.8 Å². The van der Waals surface area contributed by atoms with Gasteiger partial charge in [-0.15, -0.1) is 0 Å². The van der Waals surface area contributed by atoms with Crippen LogP contribution in [0.25, 0.3) is 11.6 Å². The van der Waals surface area contributed by atoms with Gasteiger partial charge in [0.1, 0.15) is 0 Å². The highest BCUT2D eigenvalue weighted by Gasteiger charge is 2.33. The number of anilines is 1. The predicted octanol–water partition coefficient (Wildman–Crippen LogP) is 5.76. The van der Waals surface area contributed by atoms with Crippen LogP contribution in [-0.4, -0.2) is 19.1 Å². The second kappa shape index (κ2) is 7.87. The Balaban J connectivity index is 2.04. The fraction of sp³-hybridized carbons (Fsp3) is 0.250. The molecule has 0 spiro atoms. The van der Waals surface area contributed by atoms with E-state index in [4.69, 9.17) is 9.47 Å². The minimum atomic E-state index is -4.47. The summed E-state index contributed by atoms with van der Waals surface area (Å²) in [5, 5.41) is 2.49. The largest absolute Gasteiger partial charge is 0.490 e. The number of amides is 1. The smallest absolute Gasteiger partial charge is 0.416 e. The minimum Gasteiger partial charge on any atom is -0.490 e. The van der Waals surface area contributed by atoms with Crippen molar-refractivity contribution in [2.45, 2.75) is 20.0 Å². The Morgan fingerprint density at radius 3 is 2.46 bits per heavy atom. The second-order valence-corrected chi connectivity index (χ2v) is 6.82. The van der Waals surface area contributed by atoms with Gasteiger partial charge in [-0.2, -0.15) is 13.2 Å². The summed E-state index contributed by atoms with van der Waals surface area (Å²) >= 11 is 3.44. The highest BCUT2D eigenvalue weighted by atomic mass is 79.9. The molecule has 4 nitrogen and oxygen atoms in total. The molecule has 1 N–H and O–H groups in total. The van der Waals surface area contributed by atoms with Gasteiger partial charge in [0.25, 0.3) is 5.91 Å². The zero-order chi connectivity index (χ0) is 20.5. The Morgan fingerprint density at radius 1 is 1.11 bits per heavy atom. The Morgan fingerprint density at radius 2 is 1.82 bits per heavy atom. The number of hydrogen-bond acceptors (Lipinski definition) is 3. The summed E-state index contributed by atoms with van der Waals surface area (Å²) in [5.41, 5.74) is 0.677. The van der Waals surface area contributed by atoms with Crippen LogP contribution in [0.1, 0.15) is 30.5 Å². The van der Waals surface area contributed by atoms with Gasteiger partial charge in [-0.3, -0.25) is 4.79 Å². The zero-order valence-corrected chi connectivity index (χ0v) is 16.7. The number of halogens is 4. The lowest BCUT2D eigenvalue weighted by Crippen LogP contribution is -2.06. The second-order valence-electron chi connectivity index (χ2n) is 5.97. The molecule has 0 aromatic heterocycles. The molecule has 28 heavy (non-hydrogen) atoms. The monoisotopic (exact) mass is 455 g/mol. The standard InChI is InChI=1S/C20H17BrF3NO3/c1-3-27-17-9-11(8-15(21)18(17)28-4-2)7-14-13-6-5-12(20(22,23)24)10-16(13)25-19(14)26/h5-10H,3-4H2,1-2H3,(H,25,26)/b14-7-. The Kier molecular flexibility index (Phi) is 5.69. The van der Waals surface area contributed by atoms with E-state index in [1.165, 1.54) is 6.07 Å². The summed E-state index contributed by atoms with van der Waals surface area (Å²) in [6, 6.07) is 6.69. The molecule has 0 fully saturated rings. The van der Waals surface area contributed by atoms with E-state index >= 15 is 0 Å². The van der Waals surface area contributed by atoms with E-state index < -0.39 is 17.6 Å². The lowest BCUT2D eigenvalue weighted by atomic mass is 10.0. The third-order valence-corrected chi connectivity index (χ3v) is 4.65. The van der Waals surface area contributed by atoms with Crippen LogP contribution in [0, 0.1) is 0 Å². The average Bonchev–Trinajstić information content (AvgIpc) is 2.92. The summed E-state index contributed by atoms with van der Waals surface area (Å²) in [6.07, 6.45) is -2.87. The molecule has 3 rings (SSSR count). The molecule has 1 heterocycles. The van der Waals surface area contributed by atoms with Crippen LogP contribution < -0.4 is 14.8 Å². The Hall–Kier alpha value is -2.48. The number of nitrogens with one attached hydrogen (secondary N) is 1. The van der Waals surface area contributed by atoms with Crippen LogP contribution in [0.5, 0.6) is 11.5 Å². The fourth-order valence-electron chi connectivity index (χ4n) is 2.90. The third-order valence-electron chi connectivity index (χ3n) is 4.06. The number of alkyl halides is 3. The van der Waals surface area contributed by atoms with E-state index in [0.717, 1.165) is 12.1 Å². The van der Waals surface area contributed by atoms with Gasteiger partial charge in [0.05, 0.1) is 23.2 Å². The van der Waals surface area contributed by atoms with Crippen LogP contribution >= 0.6 is 15.9 Å². The summed E-state index contributed by atoms with van der Waals surface area (Å²) in [4.78, 5) is 12.3. The van der Waals surface area contributed by atoms with Gasteiger partial charge in [-0.05, 0) is 65.7 Å². The van der Waals surface area contributed by atoms with Crippen molar-refractivity contribution in [3.8, 4) is 11.5 Å². The summed E-state index contributed by atoms with van der Waals surface area (Å²) in [5.74, 6) is 0.603. The first-order valence-electron chi connectivity index (χ1n) is 8.58. The van der Waals surface area contributed by atoms with Crippen LogP contribution in [0.2, 0.25) is 0 Å². The van der Waals surface area contributed by atoms with Gasteiger partial charge in [0, 0.05) is 16.8 Å². The van der Waals surface area contributed by atoms with Crippen molar-refractivity contribution in [3.63, 3.8) is 0 Å². The Bertz CT molecular complexity index is 954. The van der Waals surface area contributed by atoms with Crippen molar-refractivity contribution in [1.82, 2.24) is 0 Å². The summed E-state index contributed by atoms with van der Waals surface area (Å²) in [7, 11) is 0. The van der Waals surface area contributed by atoms with E-state index in [0.29, 0.717) is 40.3 Å². The van der Waals surface area contributed by atoms with E-state index in [1.54, 1.807) is 18.2 Å². The van der Waals surface area contributed by atoms with Gasteiger partial charge >= 0.3 is 6.18 Å². The summed E-state index contributed by atoms with van der Waals surface area (Å²) < 4.78 is 50.6. The van der Waals surface area contributed by atoms with E-state index in [9.17, 15) is 18.0 Å². The first-order valence-corrected chi connectivity index (χ1v) is 9.37. The van der Waals surface area contributed by atoms with E-state index in [2.05, 4.69) is 21.2 Å². The molecule has 2 aromatic rings. The first-order chi connectivity index (χ1) is 13.2. The maximum Gasteiger partial charge on any atom is 0.416 e. The molecule has 1 aliphatic heterocycles. The van der Waals surface area contributed by atoms with Gasteiger partial charge in [0.2, 0.25) is 0 Å². The average molecular weight is 456 g/mol. The molecule has 0 saturated heterocycles. The van der Waals surface area contributed by atoms with E-state index in [-0.39, 0.29) is 11.3 Å². The molecule has 148 valence electrons. The predicted molar refractivity (Wildman–Crippen MR) is 104 cm³/mol. The van der Waals surface area contributed by atoms with E-state index in [1.807, 2.05) is 13.8 Å². The van der Waals surface area contributed by atoms with Crippen molar-refractivity contribution in [1.29, 1.82) is 0 Å². The van der Waals surface area contributed by atoms with Gasteiger partial charge in [-0.25, -0.2) is 0 Å². The number of fused-ring (bicyclic) bond motifs is 1. The number of ether oxygens (including phenoxy) is 2. The molecule has 0 atom stereocenters. The molecule has 0 radical (unpaired) electrons. The van der Waals surface area contributed by atoms with Crippen molar-refractivity contribution in [2.24, 2.45) is 0 Å². The maximum absolute atomic E-state index is 12.9. The van der Waals surface area contributed by atoms with Crippen LogP contribution in [0.4, 0.5) is 18.9 Å². The fourth-order valence-corrected chi connectivity index (χ4v) is 3.47. The number of rotatable bonds is 5. The molecule has 1 aliphatic rings. The minimum absolute atomic E-state index is 0.140. The molecular formula is C20H17BrF3NO3. The van der Waals surface area contributed by atoms with Crippen LogP contribution in [0.15, 0.2) is 34.8 Å². The first kappa shape index (κ1) is 20.3. The Labute approximate surface area is 168 Å². The number of carbonyl (C=O) groups is 1. The normalized spacial score (nSPS) is 14.8. The number of carbonyl (C=O) groups excluding carboxylic acids is 1. The molecule has 0 unspecified atom stereocenters. The SMILES string of the molecule is CCOc1cc(/C=C2\C(=O)Nc3cc(C(F)(F)F)ccc32)cc(Br)c1OCC. The topological polar surface area (TPSA) is 47.6 Å². The highest BCUT2D eigenvalue weighted by molar-refractivity contribution is 9.10. The molecule has 0 saturated carbocycles. The highest BCUT2D eigenvalue weighted by Crippen LogP contribution is 2.41. The number of benzene rings is 2. The third kappa shape index (κ3) is 4.01. The van der Waals surface area contributed by atoms with Crippen molar-refractivity contribution >= 4 is 39.2 Å². The van der Waals surface area contributed by atoms with Crippen LogP contribution in [0.3, 0.4) is 0 Å². The molecule has 0 aliphatic carbocycles. The quantitative estimate of drug-likeness (QED) is 0.583. The van der Waals surface area contributed by atoms with Crippen molar-refractivity contribution in [2.75, 3.05) is 18.5 Å².